The fourth-order valence-electron chi connectivity index (χ4n) is 0.958. The molecule has 0 fully saturated rings. The molecule has 0 amide bonds. The van der Waals surface area contributed by atoms with E-state index in [4.69, 9.17) is 0 Å². The zero-order chi connectivity index (χ0) is 11.3. The second-order valence-corrected chi connectivity index (χ2v) is 4.51. The van der Waals surface area contributed by atoms with Crippen LogP contribution in [0.2, 0.25) is 0 Å². The Kier molecular flexibility index (Phi) is 3.83. The number of carbonyl (C=O) groups is 1. The lowest BCUT2D eigenvalue weighted by Gasteiger charge is -2.09. The standard InChI is InChI=1S/C10H11O4P/c1-2-6-10(11)14-15(12,13)9-7-4-3-5-8-9/h2-8H,1H3,(H,12,13). The molecular weight excluding hydrogens is 215 g/mol. The SMILES string of the molecule is CC=CC(=O)OP(=O)(O)c1ccccc1. The van der Waals surface area contributed by atoms with E-state index in [0.717, 1.165) is 6.08 Å². The van der Waals surface area contributed by atoms with Gasteiger partial charge in [-0.05, 0) is 19.1 Å². The summed E-state index contributed by atoms with van der Waals surface area (Å²) in [7, 11) is -4.03. The van der Waals surface area contributed by atoms with Crippen molar-refractivity contribution in [1.29, 1.82) is 0 Å². The lowest BCUT2D eigenvalue weighted by atomic mass is 10.4. The number of carbonyl (C=O) groups excluding carboxylic acids is 1. The van der Waals surface area contributed by atoms with Crippen LogP contribution < -0.4 is 5.30 Å². The van der Waals surface area contributed by atoms with Crippen LogP contribution in [0.4, 0.5) is 0 Å². The normalized spacial score (nSPS) is 14.8. The molecular formula is C10H11O4P. The van der Waals surface area contributed by atoms with E-state index in [-0.39, 0.29) is 5.30 Å². The van der Waals surface area contributed by atoms with E-state index >= 15 is 0 Å². The topological polar surface area (TPSA) is 63.6 Å². The number of hydrogen-bond acceptors (Lipinski definition) is 3. The molecule has 1 aromatic rings. The first kappa shape index (κ1) is 11.7. The van der Waals surface area contributed by atoms with E-state index in [9.17, 15) is 14.3 Å². The van der Waals surface area contributed by atoms with Crippen molar-refractivity contribution in [3.63, 3.8) is 0 Å². The van der Waals surface area contributed by atoms with Gasteiger partial charge in [-0.3, -0.25) is 0 Å². The average Bonchev–Trinajstić information content (AvgIpc) is 2.18. The predicted octanol–water partition coefficient (Wildman–Crippen LogP) is 1.62. The molecule has 5 heteroatoms. The van der Waals surface area contributed by atoms with Crippen LogP contribution in [0.25, 0.3) is 0 Å². The van der Waals surface area contributed by atoms with Crippen molar-refractivity contribution in [1.82, 2.24) is 0 Å². The van der Waals surface area contributed by atoms with Crippen LogP contribution in [0.1, 0.15) is 6.92 Å². The minimum atomic E-state index is -4.03. The van der Waals surface area contributed by atoms with Gasteiger partial charge in [0.2, 0.25) is 0 Å². The predicted molar refractivity (Wildman–Crippen MR) is 56.8 cm³/mol. The highest BCUT2D eigenvalue weighted by Gasteiger charge is 2.25. The monoisotopic (exact) mass is 226 g/mol. The van der Waals surface area contributed by atoms with E-state index in [1.807, 2.05) is 0 Å². The Labute approximate surface area is 87.7 Å². The van der Waals surface area contributed by atoms with Crippen LogP contribution in [0.15, 0.2) is 42.5 Å². The maximum absolute atomic E-state index is 11.6. The molecule has 0 saturated heterocycles. The molecule has 0 aliphatic rings. The van der Waals surface area contributed by atoms with E-state index in [1.54, 1.807) is 25.1 Å². The molecule has 1 atom stereocenters. The quantitative estimate of drug-likeness (QED) is 0.628. The second kappa shape index (κ2) is 4.91. The molecule has 1 unspecified atom stereocenters. The number of rotatable bonds is 3. The van der Waals surface area contributed by atoms with E-state index in [0.29, 0.717) is 0 Å². The van der Waals surface area contributed by atoms with Gasteiger partial charge in [-0.25, -0.2) is 9.36 Å². The van der Waals surface area contributed by atoms with Gasteiger partial charge in [-0.2, -0.15) is 0 Å². The fourth-order valence-corrected chi connectivity index (χ4v) is 1.92. The Bertz CT molecular complexity index is 411. The molecule has 0 heterocycles. The zero-order valence-electron chi connectivity index (χ0n) is 8.16. The molecule has 0 aliphatic carbocycles. The first-order valence-corrected chi connectivity index (χ1v) is 5.88. The summed E-state index contributed by atoms with van der Waals surface area (Å²) in [6.07, 6.45) is 2.53. The van der Waals surface area contributed by atoms with Crippen LogP contribution in [0.5, 0.6) is 0 Å². The summed E-state index contributed by atoms with van der Waals surface area (Å²) < 4.78 is 16.0. The van der Waals surface area contributed by atoms with Gasteiger partial charge in [-0.15, -0.1) is 0 Å². The van der Waals surface area contributed by atoms with Crippen LogP contribution in [0, 0.1) is 0 Å². The summed E-state index contributed by atoms with van der Waals surface area (Å²) in [5, 5.41) is 0.0999. The highest BCUT2D eigenvalue weighted by molar-refractivity contribution is 7.61. The maximum Gasteiger partial charge on any atom is 0.410 e. The van der Waals surface area contributed by atoms with Gasteiger partial charge in [0.05, 0.1) is 5.30 Å². The average molecular weight is 226 g/mol. The number of benzene rings is 1. The molecule has 0 aromatic heterocycles. The van der Waals surface area contributed by atoms with E-state index in [1.165, 1.54) is 18.2 Å². The Morgan fingerprint density at radius 3 is 2.53 bits per heavy atom. The van der Waals surface area contributed by atoms with Crippen LogP contribution >= 0.6 is 7.60 Å². The van der Waals surface area contributed by atoms with Crippen LogP contribution in [-0.4, -0.2) is 10.9 Å². The van der Waals surface area contributed by atoms with Gasteiger partial charge in [0.1, 0.15) is 0 Å². The smallest absolute Gasteiger partial charge is 0.385 e. The third-order valence-electron chi connectivity index (χ3n) is 1.60. The summed E-state index contributed by atoms with van der Waals surface area (Å²) in [5.74, 6) is -0.827. The van der Waals surface area contributed by atoms with Crippen molar-refractivity contribution in [3.8, 4) is 0 Å². The van der Waals surface area contributed by atoms with Crippen LogP contribution in [0.3, 0.4) is 0 Å². The molecule has 0 bridgehead atoms. The summed E-state index contributed by atoms with van der Waals surface area (Å²) in [6.45, 7) is 1.62. The third kappa shape index (κ3) is 3.35. The van der Waals surface area contributed by atoms with Gasteiger partial charge >= 0.3 is 13.6 Å². The Balaban J connectivity index is 2.85. The lowest BCUT2D eigenvalue weighted by molar-refractivity contribution is -0.129. The van der Waals surface area contributed by atoms with Crippen molar-refractivity contribution in [2.75, 3.05) is 0 Å². The van der Waals surface area contributed by atoms with Crippen molar-refractivity contribution in [3.05, 3.63) is 42.5 Å². The van der Waals surface area contributed by atoms with Crippen molar-refractivity contribution < 1.29 is 18.8 Å². The molecule has 15 heavy (non-hydrogen) atoms. The largest absolute Gasteiger partial charge is 0.410 e. The molecule has 0 saturated carbocycles. The van der Waals surface area contributed by atoms with Gasteiger partial charge in [-0.1, -0.05) is 24.3 Å². The molecule has 80 valence electrons. The van der Waals surface area contributed by atoms with Crippen molar-refractivity contribution in [2.45, 2.75) is 6.92 Å². The molecule has 1 N–H and O–H groups in total. The Morgan fingerprint density at radius 1 is 1.40 bits per heavy atom. The highest BCUT2D eigenvalue weighted by atomic mass is 31.2. The second-order valence-electron chi connectivity index (χ2n) is 2.77. The van der Waals surface area contributed by atoms with Gasteiger partial charge in [0, 0.05) is 6.08 Å². The minimum Gasteiger partial charge on any atom is -0.385 e. The maximum atomic E-state index is 11.6. The van der Waals surface area contributed by atoms with E-state index in [2.05, 4.69) is 4.52 Å². The van der Waals surface area contributed by atoms with Crippen LogP contribution in [-0.2, 0) is 13.9 Å². The molecule has 1 aromatic carbocycles. The number of allylic oxidation sites excluding steroid dienone is 1. The van der Waals surface area contributed by atoms with Gasteiger partial charge in [0.25, 0.3) is 0 Å². The Morgan fingerprint density at radius 2 is 2.00 bits per heavy atom. The first-order chi connectivity index (χ1) is 7.06. The summed E-state index contributed by atoms with van der Waals surface area (Å²) in [4.78, 5) is 20.5. The van der Waals surface area contributed by atoms with Gasteiger partial charge < -0.3 is 9.42 Å². The Hall–Kier alpha value is -1.38. The molecule has 0 spiro atoms. The van der Waals surface area contributed by atoms with Crippen molar-refractivity contribution in [2.24, 2.45) is 0 Å². The summed E-state index contributed by atoms with van der Waals surface area (Å²) in [5.41, 5.74) is 0. The first-order valence-electron chi connectivity index (χ1n) is 4.31. The molecule has 0 radical (unpaired) electrons. The fraction of sp³-hybridized carbons (Fsp3) is 0.100. The molecule has 0 aliphatic heterocycles. The molecule has 4 nitrogen and oxygen atoms in total. The summed E-state index contributed by atoms with van der Waals surface area (Å²) >= 11 is 0. The lowest BCUT2D eigenvalue weighted by Crippen LogP contribution is -2.09. The van der Waals surface area contributed by atoms with Crippen molar-refractivity contribution >= 4 is 18.9 Å². The summed E-state index contributed by atoms with van der Waals surface area (Å²) in [6, 6.07) is 7.77. The third-order valence-corrected chi connectivity index (χ3v) is 2.98. The minimum absolute atomic E-state index is 0.0999. The zero-order valence-corrected chi connectivity index (χ0v) is 9.06. The van der Waals surface area contributed by atoms with E-state index < -0.39 is 13.6 Å². The number of hydrogen-bond donors (Lipinski definition) is 1. The van der Waals surface area contributed by atoms with Gasteiger partial charge in [0.15, 0.2) is 0 Å². The highest BCUT2D eigenvalue weighted by Crippen LogP contribution is 2.40. The molecule has 1 rings (SSSR count).